The van der Waals surface area contributed by atoms with Gasteiger partial charge in [-0.3, -0.25) is 0 Å². The molecule has 2 N–H and O–H groups in total. The number of nitrogens with two attached hydrogens (primary N) is 1. The molecule has 1 aromatic heterocycles. The topological polar surface area (TPSA) is 45.4 Å². The van der Waals surface area contributed by atoms with Crippen molar-refractivity contribution in [3.63, 3.8) is 0 Å². The Labute approximate surface area is 98.6 Å². The van der Waals surface area contributed by atoms with Crippen LogP contribution in [0.15, 0.2) is 0 Å². The molecule has 0 spiro atoms. The van der Waals surface area contributed by atoms with Crippen LogP contribution in [0.25, 0.3) is 0 Å². The van der Waals surface area contributed by atoms with Crippen molar-refractivity contribution in [3.05, 3.63) is 10.0 Å². The summed E-state index contributed by atoms with van der Waals surface area (Å²) >= 11 is 7.58. The summed E-state index contributed by atoms with van der Waals surface area (Å²) in [7, 11) is 2.14. The first-order chi connectivity index (χ1) is 7.20. The number of rotatable bonds is 2. The van der Waals surface area contributed by atoms with Gasteiger partial charge in [0, 0.05) is 32.7 Å². The molecule has 6 heteroatoms. The standard InChI is InChI=1S/C9H15ClN4S/c1-13-2-4-14(5-3-13)9-12-8(10)7(6-11)15-9/h2-6,11H2,1H3. The van der Waals surface area contributed by atoms with Gasteiger partial charge in [-0.15, -0.1) is 0 Å². The second kappa shape index (κ2) is 4.65. The van der Waals surface area contributed by atoms with Crippen LogP contribution in [0.3, 0.4) is 0 Å². The lowest BCUT2D eigenvalue weighted by Crippen LogP contribution is -2.44. The quantitative estimate of drug-likeness (QED) is 0.846. The average Bonchev–Trinajstić information content (AvgIpc) is 2.61. The minimum Gasteiger partial charge on any atom is -0.345 e. The highest BCUT2D eigenvalue weighted by Gasteiger charge is 2.18. The van der Waals surface area contributed by atoms with Crippen molar-refractivity contribution in [2.24, 2.45) is 5.73 Å². The van der Waals surface area contributed by atoms with E-state index in [0.29, 0.717) is 11.7 Å². The fraction of sp³-hybridized carbons (Fsp3) is 0.667. The van der Waals surface area contributed by atoms with E-state index in [-0.39, 0.29) is 0 Å². The lowest BCUT2D eigenvalue weighted by Gasteiger charge is -2.32. The molecular weight excluding hydrogens is 232 g/mol. The van der Waals surface area contributed by atoms with Crippen molar-refractivity contribution < 1.29 is 0 Å². The summed E-state index contributed by atoms with van der Waals surface area (Å²) < 4.78 is 0. The number of likely N-dealkylation sites (N-methyl/N-ethyl adjacent to an activating group) is 1. The van der Waals surface area contributed by atoms with E-state index in [0.717, 1.165) is 36.2 Å². The largest absolute Gasteiger partial charge is 0.345 e. The number of aromatic nitrogens is 1. The van der Waals surface area contributed by atoms with E-state index in [9.17, 15) is 0 Å². The Bertz CT molecular complexity index is 333. The molecule has 0 unspecified atom stereocenters. The Kier molecular flexibility index (Phi) is 3.45. The number of anilines is 1. The first-order valence-electron chi connectivity index (χ1n) is 4.99. The number of hydrogen-bond acceptors (Lipinski definition) is 5. The van der Waals surface area contributed by atoms with Crippen LogP contribution in [0.5, 0.6) is 0 Å². The highest BCUT2D eigenvalue weighted by Crippen LogP contribution is 2.29. The van der Waals surface area contributed by atoms with Gasteiger partial charge in [0.25, 0.3) is 0 Å². The Balaban J connectivity index is 2.09. The third kappa shape index (κ3) is 2.42. The van der Waals surface area contributed by atoms with Gasteiger partial charge in [-0.2, -0.15) is 0 Å². The molecule has 0 atom stereocenters. The minimum absolute atomic E-state index is 0.476. The van der Waals surface area contributed by atoms with E-state index >= 15 is 0 Å². The van der Waals surface area contributed by atoms with Gasteiger partial charge >= 0.3 is 0 Å². The lowest BCUT2D eigenvalue weighted by atomic mass is 10.3. The van der Waals surface area contributed by atoms with Crippen molar-refractivity contribution in [3.8, 4) is 0 Å². The summed E-state index contributed by atoms with van der Waals surface area (Å²) in [4.78, 5) is 9.91. The smallest absolute Gasteiger partial charge is 0.187 e. The van der Waals surface area contributed by atoms with E-state index in [2.05, 4.69) is 21.8 Å². The fourth-order valence-electron chi connectivity index (χ4n) is 1.58. The van der Waals surface area contributed by atoms with Gasteiger partial charge in [-0.05, 0) is 7.05 Å². The Morgan fingerprint density at radius 2 is 2.07 bits per heavy atom. The Hall–Kier alpha value is -0.360. The summed E-state index contributed by atoms with van der Waals surface area (Å²) in [6.45, 7) is 4.67. The zero-order chi connectivity index (χ0) is 10.8. The van der Waals surface area contributed by atoms with Crippen LogP contribution in [-0.2, 0) is 6.54 Å². The molecule has 0 amide bonds. The molecule has 0 aromatic carbocycles. The molecule has 2 heterocycles. The van der Waals surface area contributed by atoms with E-state index < -0.39 is 0 Å². The predicted octanol–water partition coefficient (Wildman–Crippen LogP) is 1.01. The lowest BCUT2D eigenvalue weighted by molar-refractivity contribution is 0.313. The van der Waals surface area contributed by atoms with Crippen molar-refractivity contribution in [2.75, 3.05) is 38.1 Å². The van der Waals surface area contributed by atoms with Crippen LogP contribution < -0.4 is 10.6 Å². The van der Waals surface area contributed by atoms with E-state index in [1.54, 1.807) is 11.3 Å². The maximum Gasteiger partial charge on any atom is 0.187 e. The second-order valence-electron chi connectivity index (χ2n) is 3.70. The molecule has 15 heavy (non-hydrogen) atoms. The fourth-order valence-corrected chi connectivity index (χ4v) is 2.79. The SMILES string of the molecule is CN1CCN(c2nc(Cl)c(CN)s2)CC1. The number of thiazole rings is 1. The maximum absolute atomic E-state index is 5.98. The number of piperazine rings is 1. The van der Waals surface area contributed by atoms with Gasteiger partial charge in [0.15, 0.2) is 5.13 Å². The molecule has 0 bridgehead atoms. The summed E-state index contributed by atoms with van der Waals surface area (Å²) in [6.07, 6.45) is 0. The van der Waals surface area contributed by atoms with E-state index in [4.69, 9.17) is 17.3 Å². The van der Waals surface area contributed by atoms with Gasteiger partial charge in [0.2, 0.25) is 0 Å². The third-order valence-electron chi connectivity index (χ3n) is 2.60. The molecule has 1 aliphatic heterocycles. The van der Waals surface area contributed by atoms with Gasteiger partial charge in [-0.25, -0.2) is 4.98 Å². The molecular formula is C9H15ClN4S. The molecule has 0 aliphatic carbocycles. The molecule has 0 saturated carbocycles. The first-order valence-corrected chi connectivity index (χ1v) is 6.19. The zero-order valence-electron chi connectivity index (χ0n) is 8.74. The van der Waals surface area contributed by atoms with E-state index in [1.165, 1.54) is 0 Å². The molecule has 1 saturated heterocycles. The third-order valence-corrected chi connectivity index (χ3v) is 4.16. The Morgan fingerprint density at radius 3 is 2.60 bits per heavy atom. The molecule has 4 nitrogen and oxygen atoms in total. The summed E-state index contributed by atoms with van der Waals surface area (Å²) in [5.41, 5.74) is 5.57. The van der Waals surface area contributed by atoms with Crippen LogP contribution in [0.2, 0.25) is 5.15 Å². The van der Waals surface area contributed by atoms with Crippen LogP contribution in [0.4, 0.5) is 5.13 Å². The van der Waals surface area contributed by atoms with Gasteiger partial charge in [-0.1, -0.05) is 22.9 Å². The van der Waals surface area contributed by atoms with Crippen LogP contribution in [0, 0.1) is 0 Å². The zero-order valence-corrected chi connectivity index (χ0v) is 10.3. The van der Waals surface area contributed by atoms with Crippen molar-refractivity contribution in [1.29, 1.82) is 0 Å². The maximum atomic E-state index is 5.98. The summed E-state index contributed by atoms with van der Waals surface area (Å²) in [5, 5.41) is 1.57. The van der Waals surface area contributed by atoms with Crippen LogP contribution >= 0.6 is 22.9 Å². The van der Waals surface area contributed by atoms with Crippen molar-refractivity contribution in [1.82, 2.24) is 9.88 Å². The molecule has 84 valence electrons. The van der Waals surface area contributed by atoms with Crippen molar-refractivity contribution in [2.45, 2.75) is 6.54 Å². The van der Waals surface area contributed by atoms with Crippen LogP contribution in [0.1, 0.15) is 4.88 Å². The number of halogens is 1. The monoisotopic (exact) mass is 246 g/mol. The first kappa shape index (κ1) is 11.1. The average molecular weight is 247 g/mol. The van der Waals surface area contributed by atoms with Gasteiger partial charge in [0.05, 0.1) is 4.88 Å². The minimum atomic E-state index is 0.476. The highest BCUT2D eigenvalue weighted by atomic mass is 35.5. The Morgan fingerprint density at radius 1 is 1.40 bits per heavy atom. The van der Waals surface area contributed by atoms with E-state index in [1.807, 2.05) is 0 Å². The van der Waals surface area contributed by atoms with Crippen LogP contribution in [-0.4, -0.2) is 43.1 Å². The predicted molar refractivity (Wildman–Crippen MR) is 64.7 cm³/mol. The summed E-state index contributed by atoms with van der Waals surface area (Å²) in [5.74, 6) is 0. The molecule has 1 aliphatic rings. The molecule has 1 fully saturated rings. The van der Waals surface area contributed by atoms with Gasteiger partial charge < -0.3 is 15.5 Å². The molecule has 0 radical (unpaired) electrons. The number of nitrogens with zero attached hydrogens (tertiary/aromatic N) is 3. The molecule has 2 rings (SSSR count). The normalized spacial score (nSPS) is 18.5. The number of hydrogen-bond donors (Lipinski definition) is 1. The second-order valence-corrected chi connectivity index (χ2v) is 5.12. The highest BCUT2D eigenvalue weighted by molar-refractivity contribution is 7.16. The summed E-state index contributed by atoms with van der Waals surface area (Å²) in [6, 6.07) is 0. The molecule has 1 aromatic rings. The van der Waals surface area contributed by atoms with Crippen molar-refractivity contribution >= 4 is 28.1 Å². The van der Waals surface area contributed by atoms with Gasteiger partial charge in [0.1, 0.15) is 5.15 Å².